The number of ether oxygens (including phenoxy) is 1. The highest BCUT2D eigenvalue weighted by Gasteiger charge is 2.35. The lowest BCUT2D eigenvalue weighted by Crippen LogP contribution is -2.39. The number of nitrogens with zero attached hydrogens (tertiary/aromatic N) is 3. The number of piperidine rings is 1. The molecule has 0 aliphatic carbocycles. The van der Waals surface area contributed by atoms with Crippen LogP contribution in [0.5, 0.6) is 0 Å². The van der Waals surface area contributed by atoms with Crippen LogP contribution in [0.2, 0.25) is 0 Å². The van der Waals surface area contributed by atoms with Gasteiger partial charge in [-0.05, 0) is 37.3 Å². The minimum atomic E-state index is -0.684. The fraction of sp³-hybridized carbons (Fsp3) is 0.281. The molecule has 0 radical (unpaired) electrons. The minimum Gasteiger partial charge on any atom is -0.463 e. The van der Waals surface area contributed by atoms with E-state index >= 15 is 0 Å². The van der Waals surface area contributed by atoms with Gasteiger partial charge in [-0.15, -0.1) is 0 Å². The average molecular weight is 554 g/mol. The van der Waals surface area contributed by atoms with Crippen LogP contribution in [-0.4, -0.2) is 30.2 Å². The van der Waals surface area contributed by atoms with Crippen LogP contribution in [0.25, 0.3) is 11.8 Å². The van der Waals surface area contributed by atoms with Gasteiger partial charge in [-0.1, -0.05) is 78.9 Å². The van der Waals surface area contributed by atoms with Crippen LogP contribution < -0.4 is 19.8 Å². The van der Waals surface area contributed by atoms with Crippen molar-refractivity contribution in [3.63, 3.8) is 0 Å². The van der Waals surface area contributed by atoms with E-state index < -0.39 is 12.0 Å². The molecule has 7 nitrogen and oxygen atoms in total. The number of benzene rings is 2. The van der Waals surface area contributed by atoms with Gasteiger partial charge in [-0.2, -0.15) is 0 Å². The number of fused-ring (bicyclic) bond motifs is 1. The topological polar surface area (TPSA) is 77.0 Å². The lowest BCUT2D eigenvalue weighted by Gasteiger charge is -2.29. The third-order valence-corrected chi connectivity index (χ3v) is 8.45. The first kappa shape index (κ1) is 26.1. The molecule has 4 heterocycles. The number of furan rings is 1. The van der Waals surface area contributed by atoms with Crippen molar-refractivity contribution in [2.75, 3.05) is 24.6 Å². The van der Waals surface area contributed by atoms with Gasteiger partial charge in [0, 0.05) is 30.8 Å². The molecule has 2 aromatic heterocycles. The second-order valence-electron chi connectivity index (χ2n) is 10.2. The van der Waals surface area contributed by atoms with E-state index in [1.165, 1.54) is 11.3 Å². The van der Waals surface area contributed by atoms with Crippen molar-refractivity contribution < 1.29 is 13.9 Å². The fourth-order valence-electron chi connectivity index (χ4n) is 5.34. The van der Waals surface area contributed by atoms with Crippen molar-refractivity contribution >= 4 is 35.0 Å². The van der Waals surface area contributed by atoms with E-state index in [4.69, 9.17) is 14.1 Å². The van der Waals surface area contributed by atoms with Crippen molar-refractivity contribution in [1.29, 1.82) is 0 Å². The summed E-state index contributed by atoms with van der Waals surface area (Å²) in [6.45, 7) is 6.20. The Morgan fingerprint density at radius 3 is 2.45 bits per heavy atom. The number of rotatable bonds is 6. The highest BCUT2D eigenvalue weighted by atomic mass is 32.1. The monoisotopic (exact) mass is 553 g/mol. The summed E-state index contributed by atoms with van der Waals surface area (Å²) in [6.07, 6.45) is 4.06. The van der Waals surface area contributed by atoms with Crippen molar-refractivity contribution in [3.05, 3.63) is 115 Å². The molecule has 0 unspecified atom stereocenters. The van der Waals surface area contributed by atoms with Gasteiger partial charge in [0.2, 0.25) is 0 Å². The SMILES string of the molecule is CCOC(=O)C1=C(c2ccccc2)N=c2s/c(=C/c3ccc(N4CCC(C)CC4)o3)c(=O)n2[C@H]1c1ccccc1. The van der Waals surface area contributed by atoms with Crippen LogP contribution in [0.4, 0.5) is 5.88 Å². The molecule has 2 aromatic carbocycles. The van der Waals surface area contributed by atoms with E-state index in [2.05, 4.69) is 11.8 Å². The van der Waals surface area contributed by atoms with Crippen LogP contribution in [0.1, 0.15) is 49.6 Å². The number of thiazole rings is 1. The van der Waals surface area contributed by atoms with Crippen molar-refractivity contribution in [3.8, 4) is 0 Å². The van der Waals surface area contributed by atoms with Crippen molar-refractivity contribution in [2.24, 2.45) is 10.9 Å². The molecule has 1 atom stereocenters. The standard InChI is InChI=1S/C32H31N3O4S/c1-3-38-31(37)27-28(22-10-6-4-7-11-22)33-32-35(29(27)23-12-8-5-9-13-23)30(36)25(40-32)20-24-14-15-26(39-24)34-18-16-21(2)17-19-34/h4-15,20-21,29H,3,16-19H2,1-2H3/b25-20+/t29-/m0/s1. The van der Waals surface area contributed by atoms with Gasteiger partial charge in [0.1, 0.15) is 5.76 Å². The van der Waals surface area contributed by atoms with E-state index in [1.807, 2.05) is 72.8 Å². The smallest absolute Gasteiger partial charge is 0.338 e. The van der Waals surface area contributed by atoms with E-state index in [0.29, 0.717) is 26.4 Å². The van der Waals surface area contributed by atoms with Gasteiger partial charge in [0.25, 0.3) is 5.56 Å². The van der Waals surface area contributed by atoms with Crippen LogP contribution >= 0.6 is 11.3 Å². The number of carbonyl (C=O) groups is 1. The second kappa shape index (κ2) is 11.1. The summed E-state index contributed by atoms with van der Waals surface area (Å²) in [6, 6.07) is 22.3. The Morgan fingerprint density at radius 2 is 1.75 bits per heavy atom. The first-order valence-electron chi connectivity index (χ1n) is 13.7. The lowest BCUT2D eigenvalue weighted by molar-refractivity contribution is -0.138. The molecule has 0 saturated carbocycles. The van der Waals surface area contributed by atoms with Gasteiger partial charge in [0.15, 0.2) is 10.7 Å². The zero-order chi connectivity index (χ0) is 27.6. The summed E-state index contributed by atoms with van der Waals surface area (Å²) in [7, 11) is 0. The van der Waals surface area contributed by atoms with Crippen LogP contribution in [-0.2, 0) is 9.53 Å². The molecular formula is C32H31N3O4S. The Labute approximate surface area is 236 Å². The number of hydrogen-bond acceptors (Lipinski definition) is 7. The molecule has 8 heteroatoms. The molecule has 1 saturated heterocycles. The van der Waals surface area contributed by atoms with E-state index in [1.54, 1.807) is 17.6 Å². The van der Waals surface area contributed by atoms with E-state index in [9.17, 15) is 9.59 Å². The normalized spacial score (nSPS) is 18.0. The molecule has 0 N–H and O–H groups in total. The zero-order valence-corrected chi connectivity index (χ0v) is 23.4. The molecule has 0 amide bonds. The van der Waals surface area contributed by atoms with Crippen LogP contribution in [0, 0.1) is 5.92 Å². The maximum absolute atomic E-state index is 14.0. The molecule has 40 heavy (non-hydrogen) atoms. The van der Waals surface area contributed by atoms with Gasteiger partial charge >= 0.3 is 5.97 Å². The second-order valence-corrected chi connectivity index (χ2v) is 11.2. The molecule has 2 aliphatic heterocycles. The summed E-state index contributed by atoms with van der Waals surface area (Å²) in [5.41, 5.74) is 2.23. The minimum absolute atomic E-state index is 0.215. The summed E-state index contributed by atoms with van der Waals surface area (Å²) in [5, 5.41) is 0. The Morgan fingerprint density at radius 1 is 1.05 bits per heavy atom. The van der Waals surface area contributed by atoms with Crippen LogP contribution in [0.3, 0.4) is 0 Å². The molecule has 0 spiro atoms. The summed E-state index contributed by atoms with van der Waals surface area (Å²) in [4.78, 5) is 35.1. The van der Waals surface area contributed by atoms with Gasteiger partial charge in [-0.25, -0.2) is 9.79 Å². The summed E-state index contributed by atoms with van der Waals surface area (Å²) < 4.78 is 13.8. The molecular weight excluding hydrogens is 522 g/mol. The Hall–Kier alpha value is -4.17. The predicted molar refractivity (Wildman–Crippen MR) is 157 cm³/mol. The Kier molecular flexibility index (Phi) is 7.26. The molecule has 4 aromatic rings. The van der Waals surface area contributed by atoms with Crippen molar-refractivity contribution in [2.45, 2.75) is 32.7 Å². The van der Waals surface area contributed by atoms with Gasteiger partial charge < -0.3 is 14.1 Å². The summed E-state index contributed by atoms with van der Waals surface area (Å²) >= 11 is 1.29. The molecule has 1 fully saturated rings. The lowest BCUT2D eigenvalue weighted by atomic mass is 9.93. The van der Waals surface area contributed by atoms with Crippen LogP contribution in [0.15, 0.2) is 92.6 Å². The van der Waals surface area contributed by atoms with Gasteiger partial charge in [0.05, 0.1) is 28.5 Å². The van der Waals surface area contributed by atoms with Crippen molar-refractivity contribution in [1.82, 2.24) is 4.57 Å². The number of aromatic nitrogens is 1. The molecule has 0 bridgehead atoms. The average Bonchev–Trinajstić information content (AvgIpc) is 3.58. The number of anilines is 1. The maximum Gasteiger partial charge on any atom is 0.338 e. The Bertz CT molecular complexity index is 1730. The largest absolute Gasteiger partial charge is 0.463 e. The predicted octanol–water partition coefficient (Wildman–Crippen LogP) is 4.76. The third kappa shape index (κ3) is 4.95. The molecule has 6 rings (SSSR count). The van der Waals surface area contributed by atoms with E-state index in [0.717, 1.165) is 48.9 Å². The first-order chi connectivity index (χ1) is 19.5. The first-order valence-corrected chi connectivity index (χ1v) is 14.5. The number of hydrogen-bond donors (Lipinski definition) is 0. The number of carbonyl (C=O) groups excluding carboxylic acids is 1. The fourth-order valence-corrected chi connectivity index (χ4v) is 6.32. The highest BCUT2D eigenvalue weighted by Crippen LogP contribution is 2.35. The molecule has 204 valence electrons. The quantitative estimate of drug-likeness (QED) is 0.322. The maximum atomic E-state index is 14.0. The van der Waals surface area contributed by atoms with Gasteiger partial charge in [-0.3, -0.25) is 9.36 Å². The third-order valence-electron chi connectivity index (χ3n) is 7.47. The Balaban J connectivity index is 1.50. The number of esters is 1. The summed E-state index contributed by atoms with van der Waals surface area (Å²) in [5.74, 6) is 1.68. The van der Waals surface area contributed by atoms with E-state index in [-0.39, 0.29) is 12.2 Å². The molecule has 2 aliphatic rings. The zero-order valence-electron chi connectivity index (χ0n) is 22.6. The highest BCUT2D eigenvalue weighted by molar-refractivity contribution is 7.07.